The normalized spacial score (nSPS) is 13.4. The van der Waals surface area contributed by atoms with Crippen molar-refractivity contribution in [3.8, 4) is 45.0 Å². The van der Waals surface area contributed by atoms with Crippen LogP contribution in [0.4, 0.5) is 0 Å². The van der Waals surface area contributed by atoms with Gasteiger partial charge in [-0.1, -0.05) is 111 Å². The average Bonchev–Trinajstić information content (AvgIpc) is 3.49. The SMILES string of the molecule is CC1(C)c2ccc(-c3nc(-c4ccccc4)cc(-c4ccccc4)n3)cc2-c2ccc3oc4ccccc4c3c21. The van der Waals surface area contributed by atoms with Crippen molar-refractivity contribution in [1.82, 2.24) is 9.97 Å². The van der Waals surface area contributed by atoms with Crippen molar-refractivity contribution in [1.29, 1.82) is 0 Å². The molecule has 8 rings (SSSR count). The number of para-hydroxylation sites is 1. The van der Waals surface area contributed by atoms with Gasteiger partial charge < -0.3 is 4.42 Å². The summed E-state index contributed by atoms with van der Waals surface area (Å²) in [7, 11) is 0. The van der Waals surface area contributed by atoms with Crippen LogP contribution >= 0.6 is 0 Å². The highest BCUT2D eigenvalue weighted by atomic mass is 16.3. The van der Waals surface area contributed by atoms with Crippen LogP contribution in [0.15, 0.2) is 126 Å². The zero-order valence-corrected chi connectivity index (χ0v) is 22.3. The molecule has 0 atom stereocenters. The zero-order valence-electron chi connectivity index (χ0n) is 22.3. The summed E-state index contributed by atoms with van der Waals surface area (Å²) < 4.78 is 6.25. The molecular formula is C37H26N2O. The summed E-state index contributed by atoms with van der Waals surface area (Å²) in [5, 5.41) is 2.38. The first-order valence-electron chi connectivity index (χ1n) is 13.7. The Morgan fingerprint density at radius 3 is 1.90 bits per heavy atom. The molecule has 1 aliphatic carbocycles. The Morgan fingerprint density at radius 1 is 0.550 bits per heavy atom. The first-order valence-corrected chi connectivity index (χ1v) is 13.7. The summed E-state index contributed by atoms with van der Waals surface area (Å²) in [6.07, 6.45) is 0. The van der Waals surface area contributed by atoms with E-state index in [9.17, 15) is 0 Å². The van der Waals surface area contributed by atoms with Gasteiger partial charge in [-0.15, -0.1) is 0 Å². The van der Waals surface area contributed by atoms with Gasteiger partial charge in [0.1, 0.15) is 11.2 Å². The molecule has 7 aromatic rings. The van der Waals surface area contributed by atoms with Gasteiger partial charge in [0.2, 0.25) is 0 Å². The van der Waals surface area contributed by atoms with Gasteiger partial charge in [-0.05, 0) is 46.5 Å². The van der Waals surface area contributed by atoms with Gasteiger partial charge in [0, 0.05) is 32.9 Å². The van der Waals surface area contributed by atoms with Gasteiger partial charge in [-0.2, -0.15) is 0 Å². The molecule has 0 saturated heterocycles. The Balaban J connectivity index is 1.35. The van der Waals surface area contributed by atoms with Crippen molar-refractivity contribution in [3.05, 3.63) is 132 Å². The quantitative estimate of drug-likeness (QED) is 0.236. The minimum Gasteiger partial charge on any atom is -0.456 e. The second-order valence-electron chi connectivity index (χ2n) is 11.0. The number of hydrogen-bond donors (Lipinski definition) is 0. The maximum absolute atomic E-state index is 6.25. The van der Waals surface area contributed by atoms with Crippen LogP contribution in [0.1, 0.15) is 25.0 Å². The van der Waals surface area contributed by atoms with E-state index in [-0.39, 0.29) is 5.41 Å². The van der Waals surface area contributed by atoms with Crippen molar-refractivity contribution in [2.45, 2.75) is 19.3 Å². The number of fused-ring (bicyclic) bond motifs is 7. The number of furan rings is 1. The highest BCUT2D eigenvalue weighted by Crippen LogP contribution is 2.53. The molecule has 3 heteroatoms. The maximum Gasteiger partial charge on any atom is 0.160 e. The van der Waals surface area contributed by atoms with E-state index in [4.69, 9.17) is 14.4 Å². The van der Waals surface area contributed by atoms with E-state index in [0.717, 1.165) is 45.1 Å². The Morgan fingerprint density at radius 2 is 1.20 bits per heavy atom. The predicted molar refractivity (Wildman–Crippen MR) is 163 cm³/mol. The number of aromatic nitrogens is 2. The molecule has 190 valence electrons. The van der Waals surface area contributed by atoms with Crippen molar-refractivity contribution < 1.29 is 4.42 Å². The van der Waals surface area contributed by atoms with Crippen LogP contribution in [0.3, 0.4) is 0 Å². The summed E-state index contributed by atoms with van der Waals surface area (Å²) in [5.74, 6) is 0.726. The summed E-state index contributed by atoms with van der Waals surface area (Å²) in [6.45, 7) is 4.64. The third kappa shape index (κ3) is 3.37. The highest BCUT2D eigenvalue weighted by molar-refractivity contribution is 6.11. The minimum atomic E-state index is -0.169. The number of nitrogens with zero attached hydrogens (tertiary/aromatic N) is 2. The van der Waals surface area contributed by atoms with Gasteiger partial charge in [-0.3, -0.25) is 0 Å². The van der Waals surface area contributed by atoms with E-state index >= 15 is 0 Å². The number of rotatable bonds is 3. The van der Waals surface area contributed by atoms with E-state index in [1.165, 1.54) is 33.0 Å². The maximum atomic E-state index is 6.25. The molecule has 0 N–H and O–H groups in total. The predicted octanol–water partition coefficient (Wildman–Crippen LogP) is 9.68. The van der Waals surface area contributed by atoms with Crippen LogP contribution < -0.4 is 0 Å². The first-order chi connectivity index (χ1) is 19.6. The Labute approximate surface area is 232 Å². The molecule has 0 unspecified atom stereocenters. The first kappa shape index (κ1) is 22.9. The Kier molecular flexibility index (Phi) is 4.86. The molecule has 0 fully saturated rings. The van der Waals surface area contributed by atoms with Crippen LogP contribution in [0.2, 0.25) is 0 Å². The summed E-state index contributed by atoms with van der Waals surface area (Å²) in [5.41, 5.74) is 11.8. The van der Waals surface area contributed by atoms with Gasteiger partial charge in [0.05, 0.1) is 11.4 Å². The molecular weight excluding hydrogens is 488 g/mol. The van der Waals surface area contributed by atoms with Crippen molar-refractivity contribution in [2.24, 2.45) is 0 Å². The minimum absolute atomic E-state index is 0.169. The zero-order chi connectivity index (χ0) is 26.8. The lowest BCUT2D eigenvalue weighted by atomic mass is 9.80. The third-order valence-electron chi connectivity index (χ3n) is 8.27. The molecule has 0 aliphatic heterocycles. The molecule has 2 aromatic heterocycles. The molecule has 5 aromatic carbocycles. The Hall–Kier alpha value is -5.02. The van der Waals surface area contributed by atoms with E-state index in [2.05, 4.69) is 92.7 Å². The molecule has 0 radical (unpaired) electrons. The fourth-order valence-electron chi connectivity index (χ4n) is 6.37. The van der Waals surface area contributed by atoms with E-state index < -0.39 is 0 Å². The molecule has 0 spiro atoms. The van der Waals surface area contributed by atoms with Crippen molar-refractivity contribution in [2.75, 3.05) is 0 Å². The van der Waals surface area contributed by atoms with Crippen molar-refractivity contribution in [3.63, 3.8) is 0 Å². The lowest BCUT2D eigenvalue weighted by molar-refractivity contribution is 0.657. The molecule has 0 amide bonds. The fraction of sp³-hybridized carbons (Fsp3) is 0.0811. The molecule has 0 saturated carbocycles. The molecule has 3 nitrogen and oxygen atoms in total. The van der Waals surface area contributed by atoms with Gasteiger partial charge >= 0.3 is 0 Å². The molecule has 2 heterocycles. The molecule has 1 aliphatic rings. The van der Waals surface area contributed by atoms with Crippen molar-refractivity contribution >= 4 is 21.9 Å². The van der Waals surface area contributed by atoms with Crippen LogP contribution in [0.5, 0.6) is 0 Å². The monoisotopic (exact) mass is 514 g/mol. The lowest BCUT2D eigenvalue weighted by Gasteiger charge is -2.22. The van der Waals surface area contributed by atoms with Gasteiger partial charge in [0.25, 0.3) is 0 Å². The van der Waals surface area contributed by atoms with Gasteiger partial charge in [0.15, 0.2) is 5.82 Å². The van der Waals surface area contributed by atoms with Crippen LogP contribution in [-0.4, -0.2) is 9.97 Å². The van der Waals surface area contributed by atoms with Crippen LogP contribution in [-0.2, 0) is 5.41 Å². The van der Waals surface area contributed by atoms with E-state index in [0.29, 0.717) is 0 Å². The lowest BCUT2D eigenvalue weighted by Crippen LogP contribution is -2.15. The third-order valence-corrected chi connectivity index (χ3v) is 8.27. The second kappa shape index (κ2) is 8.49. The Bertz CT molecular complexity index is 2010. The standard InChI is InChI=1S/C37H26N2O/c1-37(2)29-19-17-25(21-28(29)26-18-20-33-34(35(26)37)27-15-9-10-16-32(27)40-33)36-38-30(23-11-5-3-6-12-23)22-31(39-36)24-13-7-4-8-14-24/h3-22H,1-2H3. The fourth-order valence-corrected chi connectivity index (χ4v) is 6.37. The summed E-state index contributed by atoms with van der Waals surface area (Å²) in [6, 6.07) is 42.1. The number of hydrogen-bond acceptors (Lipinski definition) is 3. The highest BCUT2D eigenvalue weighted by Gasteiger charge is 2.38. The average molecular weight is 515 g/mol. The van der Waals surface area contributed by atoms with E-state index in [1.807, 2.05) is 42.5 Å². The summed E-state index contributed by atoms with van der Waals surface area (Å²) in [4.78, 5) is 10.1. The smallest absolute Gasteiger partial charge is 0.160 e. The largest absolute Gasteiger partial charge is 0.456 e. The topological polar surface area (TPSA) is 38.9 Å². The summed E-state index contributed by atoms with van der Waals surface area (Å²) >= 11 is 0. The van der Waals surface area contributed by atoms with Crippen LogP contribution in [0, 0.1) is 0 Å². The molecule has 40 heavy (non-hydrogen) atoms. The van der Waals surface area contributed by atoms with E-state index in [1.54, 1.807) is 0 Å². The molecule has 0 bridgehead atoms. The van der Waals surface area contributed by atoms with Crippen LogP contribution in [0.25, 0.3) is 67.0 Å². The second-order valence-corrected chi connectivity index (χ2v) is 11.0. The van der Waals surface area contributed by atoms with Gasteiger partial charge in [-0.25, -0.2) is 9.97 Å². The number of benzene rings is 5.